The average Bonchev–Trinajstić information content (AvgIpc) is 2.80. The Morgan fingerprint density at radius 2 is 2.10 bits per heavy atom. The normalized spacial score (nSPS) is 10.3. The fourth-order valence-electron chi connectivity index (χ4n) is 1.82. The molecule has 2 rings (SSSR count). The third-order valence-electron chi connectivity index (χ3n) is 2.74. The molecule has 0 fully saturated rings. The maximum Gasteiger partial charge on any atom is 0.276 e. The van der Waals surface area contributed by atoms with Crippen LogP contribution in [0.4, 0.5) is 11.5 Å². The Morgan fingerprint density at radius 1 is 1.30 bits per heavy atom. The SMILES string of the molecule is CCNc1ccc(C(=O)Nc2cn(C)nc2CC)nn1. The molecule has 0 bridgehead atoms. The van der Waals surface area contributed by atoms with Crippen LogP contribution in [0.2, 0.25) is 0 Å². The van der Waals surface area contributed by atoms with Crippen molar-refractivity contribution in [2.24, 2.45) is 7.05 Å². The summed E-state index contributed by atoms with van der Waals surface area (Å²) in [5.74, 6) is 0.364. The fourth-order valence-corrected chi connectivity index (χ4v) is 1.82. The number of anilines is 2. The van der Waals surface area contributed by atoms with Crippen LogP contribution in [0.15, 0.2) is 18.3 Å². The van der Waals surface area contributed by atoms with E-state index in [2.05, 4.69) is 25.9 Å². The Hall–Kier alpha value is -2.44. The average molecular weight is 274 g/mol. The second-order valence-electron chi connectivity index (χ2n) is 4.30. The minimum atomic E-state index is -0.289. The summed E-state index contributed by atoms with van der Waals surface area (Å²) >= 11 is 0. The number of aryl methyl sites for hydroxylation is 2. The van der Waals surface area contributed by atoms with Gasteiger partial charge in [-0.3, -0.25) is 9.48 Å². The molecule has 0 aliphatic rings. The molecule has 0 aromatic carbocycles. The van der Waals surface area contributed by atoms with E-state index in [-0.39, 0.29) is 11.6 Å². The summed E-state index contributed by atoms with van der Waals surface area (Å²) < 4.78 is 1.67. The first kappa shape index (κ1) is 14.0. The topological polar surface area (TPSA) is 84.7 Å². The summed E-state index contributed by atoms with van der Waals surface area (Å²) in [6.07, 6.45) is 2.53. The van der Waals surface area contributed by atoms with E-state index in [1.807, 2.05) is 20.9 Å². The number of nitrogens with zero attached hydrogens (tertiary/aromatic N) is 4. The van der Waals surface area contributed by atoms with E-state index < -0.39 is 0 Å². The zero-order valence-electron chi connectivity index (χ0n) is 11.8. The second-order valence-corrected chi connectivity index (χ2v) is 4.30. The number of hydrogen-bond acceptors (Lipinski definition) is 5. The van der Waals surface area contributed by atoms with Crippen molar-refractivity contribution in [1.82, 2.24) is 20.0 Å². The molecule has 1 amide bonds. The van der Waals surface area contributed by atoms with Crippen LogP contribution in [-0.2, 0) is 13.5 Å². The molecule has 7 heteroatoms. The van der Waals surface area contributed by atoms with Gasteiger partial charge in [0.1, 0.15) is 5.82 Å². The summed E-state index contributed by atoms with van der Waals surface area (Å²) in [7, 11) is 1.82. The molecule has 0 spiro atoms. The van der Waals surface area contributed by atoms with Gasteiger partial charge in [-0.2, -0.15) is 5.10 Å². The molecular weight excluding hydrogens is 256 g/mol. The predicted octanol–water partition coefficient (Wildman–Crippen LogP) is 1.46. The van der Waals surface area contributed by atoms with Gasteiger partial charge in [0.05, 0.1) is 11.4 Å². The van der Waals surface area contributed by atoms with Crippen LogP contribution in [0.5, 0.6) is 0 Å². The quantitative estimate of drug-likeness (QED) is 0.862. The van der Waals surface area contributed by atoms with Gasteiger partial charge in [0, 0.05) is 19.8 Å². The van der Waals surface area contributed by atoms with Crippen LogP contribution in [0.1, 0.15) is 30.0 Å². The molecule has 0 aliphatic carbocycles. The molecule has 2 aromatic rings. The zero-order chi connectivity index (χ0) is 14.5. The highest BCUT2D eigenvalue weighted by Crippen LogP contribution is 2.14. The summed E-state index contributed by atoms with van der Waals surface area (Å²) in [5, 5.41) is 17.9. The van der Waals surface area contributed by atoms with E-state index in [0.717, 1.165) is 18.7 Å². The lowest BCUT2D eigenvalue weighted by molar-refractivity contribution is 0.102. The van der Waals surface area contributed by atoms with E-state index in [9.17, 15) is 4.79 Å². The highest BCUT2D eigenvalue weighted by atomic mass is 16.1. The zero-order valence-corrected chi connectivity index (χ0v) is 11.8. The molecule has 0 saturated heterocycles. The number of carbonyl (C=O) groups excluding carboxylic acids is 1. The molecule has 0 atom stereocenters. The molecule has 0 unspecified atom stereocenters. The predicted molar refractivity (Wildman–Crippen MR) is 76.7 cm³/mol. The molecule has 0 aliphatic heterocycles. The second kappa shape index (κ2) is 6.14. The third-order valence-corrected chi connectivity index (χ3v) is 2.74. The Labute approximate surface area is 117 Å². The molecule has 2 heterocycles. The molecule has 2 aromatic heterocycles. The highest BCUT2D eigenvalue weighted by molar-refractivity contribution is 6.03. The first-order valence-corrected chi connectivity index (χ1v) is 6.55. The van der Waals surface area contributed by atoms with Crippen LogP contribution in [-0.4, -0.2) is 32.4 Å². The first-order valence-electron chi connectivity index (χ1n) is 6.55. The van der Waals surface area contributed by atoms with Crippen molar-refractivity contribution in [3.63, 3.8) is 0 Å². The van der Waals surface area contributed by atoms with Gasteiger partial charge in [-0.25, -0.2) is 0 Å². The summed E-state index contributed by atoms with van der Waals surface area (Å²) in [5.41, 5.74) is 1.83. The van der Waals surface area contributed by atoms with E-state index >= 15 is 0 Å². The lowest BCUT2D eigenvalue weighted by atomic mass is 10.3. The molecule has 0 radical (unpaired) electrons. The maximum atomic E-state index is 12.1. The van der Waals surface area contributed by atoms with Crippen LogP contribution in [0, 0.1) is 0 Å². The van der Waals surface area contributed by atoms with Crippen molar-refractivity contribution in [3.8, 4) is 0 Å². The standard InChI is InChI=1S/C13H18N6O/c1-4-9-11(8-19(3)18-9)15-13(20)10-6-7-12(14-5-2)17-16-10/h6-8H,4-5H2,1-3H3,(H,14,17)(H,15,20). The number of aromatic nitrogens is 4. The molecule has 0 saturated carbocycles. The molecule has 2 N–H and O–H groups in total. The first-order chi connectivity index (χ1) is 9.63. The third kappa shape index (κ3) is 3.11. The minimum Gasteiger partial charge on any atom is -0.369 e. The summed E-state index contributed by atoms with van der Waals surface area (Å²) in [4.78, 5) is 12.1. The van der Waals surface area contributed by atoms with Gasteiger partial charge in [0.15, 0.2) is 5.69 Å². The molecule has 7 nitrogen and oxygen atoms in total. The minimum absolute atomic E-state index is 0.276. The Morgan fingerprint density at radius 3 is 2.70 bits per heavy atom. The van der Waals surface area contributed by atoms with Crippen molar-refractivity contribution in [3.05, 3.63) is 29.7 Å². The van der Waals surface area contributed by atoms with Crippen molar-refractivity contribution < 1.29 is 4.79 Å². The fraction of sp³-hybridized carbons (Fsp3) is 0.385. The van der Waals surface area contributed by atoms with Gasteiger partial charge in [-0.15, -0.1) is 10.2 Å². The summed E-state index contributed by atoms with van der Waals surface area (Å²) in [6.45, 7) is 4.72. The lowest BCUT2D eigenvalue weighted by Gasteiger charge is -2.04. The van der Waals surface area contributed by atoms with Gasteiger partial charge in [-0.1, -0.05) is 6.92 Å². The van der Waals surface area contributed by atoms with Crippen LogP contribution >= 0.6 is 0 Å². The van der Waals surface area contributed by atoms with Gasteiger partial charge < -0.3 is 10.6 Å². The van der Waals surface area contributed by atoms with E-state index in [4.69, 9.17) is 0 Å². The number of nitrogens with one attached hydrogen (secondary N) is 2. The maximum absolute atomic E-state index is 12.1. The van der Waals surface area contributed by atoms with Crippen molar-refractivity contribution in [2.45, 2.75) is 20.3 Å². The van der Waals surface area contributed by atoms with E-state index in [0.29, 0.717) is 11.5 Å². The summed E-state index contributed by atoms with van der Waals surface area (Å²) in [6, 6.07) is 3.37. The highest BCUT2D eigenvalue weighted by Gasteiger charge is 2.12. The Bertz CT molecular complexity index is 589. The number of amides is 1. The van der Waals surface area contributed by atoms with E-state index in [1.54, 1.807) is 23.0 Å². The molecule has 106 valence electrons. The van der Waals surface area contributed by atoms with Gasteiger partial charge in [-0.05, 0) is 25.5 Å². The molecule has 20 heavy (non-hydrogen) atoms. The van der Waals surface area contributed by atoms with Crippen molar-refractivity contribution >= 4 is 17.4 Å². The Kier molecular flexibility index (Phi) is 4.29. The van der Waals surface area contributed by atoms with Crippen molar-refractivity contribution in [2.75, 3.05) is 17.2 Å². The number of rotatable bonds is 5. The van der Waals surface area contributed by atoms with Gasteiger partial charge in [0.25, 0.3) is 5.91 Å². The van der Waals surface area contributed by atoms with Crippen LogP contribution in [0.25, 0.3) is 0 Å². The van der Waals surface area contributed by atoms with Gasteiger partial charge in [0.2, 0.25) is 0 Å². The largest absolute Gasteiger partial charge is 0.369 e. The van der Waals surface area contributed by atoms with E-state index in [1.165, 1.54) is 0 Å². The smallest absolute Gasteiger partial charge is 0.276 e. The monoisotopic (exact) mass is 274 g/mol. The number of hydrogen-bond donors (Lipinski definition) is 2. The van der Waals surface area contributed by atoms with Crippen molar-refractivity contribution in [1.29, 1.82) is 0 Å². The van der Waals surface area contributed by atoms with Crippen LogP contribution < -0.4 is 10.6 Å². The molecular formula is C13H18N6O. The van der Waals surface area contributed by atoms with Gasteiger partial charge >= 0.3 is 0 Å². The Balaban J connectivity index is 2.11. The number of carbonyl (C=O) groups is 1. The van der Waals surface area contributed by atoms with Crippen LogP contribution in [0.3, 0.4) is 0 Å². The lowest BCUT2D eigenvalue weighted by Crippen LogP contribution is -2.15.